The van der Waals surface area contributed by atoms with Gasteiger partial charge in [0, 0.05) is 36.9 Å². The first kappa shape index (κ1) is 28.8. The first-order chi connectivity index (χ1) is 24.8. The smallest absolute Gasteiger partial charge is 0.0554 e. The molecule has 0 atom stereocenters. The second kappa shape index (κ2) is 11.7. The number of fused-ring (bicyclic) bond motifs is 8. The Morgan fingerprint density at radius 3 is 1.68 bits per heavy atom. The molecule has 1 nitrogen and oxygen atoms in total. The molecule has 0 saturated carbocycles. The van der Waals surface area contributed by atoms with Gasteiger partial charge in [-0.05, 0) is 85.6 Å². The van der Waals surface area contributed by atoms with Gasteiger partial charge in [0.2, 0.25) is 0 Å². The lowest BCUT2D eigenvalue weighted by Gasteiger charge is -2.29. The number of hydrogen-bond donors (Lipinski definition) is 0. The maximum atomic E-state index is 2.48. The summed E-state index contributed by atoms with van der Waals surface area (Å²) in [7, 11) is 0. The molecule has 0 aliphatic heterocycles. The normalized spacial score (nSPS) is 11.6. The molecule has 10 aromatic rings. The van der Waals surface area contributed by atoms with E-state index in [1.165, 1.54) is 80.4 Å². The fourth-order valence-electron chi connectivity index (χ4n) is 7.71. The van der Waals surface area contributed by atoms with Gasteiger partial charge in [0.05, 0.1) is 5.69 Å². The van der Waals surface area contributed by atoms with E-state index in [0.717, 1.165) is 11.4 Å². The molecular weight excluding hydrogens is 623 g/mol. The van der Waals surface area contributed by atoms with E-state index in [1.54, 1.807) is 0 Å². The van der Waals surface area contributed by atoms with Gasteiger partial charge in [-0.25, -0.2) is 0 Å². The summed E-state index contributed by atoms with van der Waals surface area (Å²) in [6.45, 7) is 0. The second-order valence-corrected chi connectivity index (χ2v) is 14.0. The summed E-state index contributed by atoms with van der Waals surface area (Å²) in [6, 6.07) is 68.8. The van der Waals surface area contributed by atoms with Gasteiger partial charge in [0.25, 0.3) is 0 Å². The lowest BCUT2D eigenvalue weighted by Crippen LogP contribution is -2.11. The molecule has 0 spiro atoms. The van der Waals surface area contributed by atoms with Crippen LogP contribution in [0.2, 0.25) is 0 Å². The quantitative estimate of drug-likeness (QED) is 0.167. The third-order valence-corrected chi connectivity index (χ3v) is 11.1. The van der Waals surface area contributed by atoms with Gasteiger partial charge in [0.1, 0.15) is 0 Å². The lowest BCUT2D eigenvalue weighted by atomic mass is 9.93. The maximum absolute atomic E-state index is 2.48. The minimum absolute atomic E-state index is 1.12. The van der Waals surface area contributed by atoms with Crippen molar-refractivity contribution in [1.82, 2.24) is 0 Å². The van der Waals surface area contributed by atoms with Crippen molar-refractivity contribution in [2.75, 3.05) is 4.90 Å². The average Bonchev–Trinajstić information content (AvgIpc) is 3.57. The van der Waals surface area contributed by atoms with Crippen LogP contribution in [0.1, 0.15) is 0 Å². The van der Waals surface area contributed by atoms with Crippen LogP contribution < -0.4 is 4.90 Å². The van der Waals surface area contributed by atoms with E-state index in [-0.39, 0.29) is 0 Å². The number of rotatable bonds is 5. The molecule has 0 radical (unpaired) electrons. The van der Waals surface area contributed by atoms with Crippen LogP contribution in [-0.2, 0) is 0 Å². The standard InChI is InChI=1S/C48H31NS/c1-3-13-32(14-4-1)39-28-27-37(30-43(39)33-15-5-2-6-16-33)49(36-26-25-35-24-23-34-17-7-8-18-38(34)44(35)29-36)45-31-47-48(41-20-10-9-19-40(41)45)42-21-11-12-22-46(42)50-47/h1-31H. The fourth-order valence-corrected chi connectivity index (χ4v) is 8.87. The third kappa shape index (κ3) is 4.69. The lowest BCUT2D eigenvalue weighted by molar-refractivity contribution is 1.31. The first-order valence-electron chi connectivity index (χ1n) is 17.1. The molecule has 0 amide bonds. The maximum Gasteiger partial charge on any atom is 0.0554 e. The fraction of sp³-hybridized carbons (Fsp3) is 0. The Bertz CT molecular complexity index is 2870. The molecular formula is C48H31NS. The van der Waals surface area contributed by atoms with E-state index in [1.807, 2.05) is 11.3 Å². The molecule has 0 N–H and O–H groups in total. The van der Waals surface area contributed by atoms with Gasteiger partial charge >= 0.3 is 0 Å². The highest BCUT2D eigenvalue weighted by Gasteiger charge is 2.21. The number of benzene rings is 9. The Kier molecular flexibility index (Phi) is 6.75. The van der Waals surface area contributed by atoms with Gasteiger partial charge in [-0.3, -0.25) is 0 Å². The minimum Gasteiger partial charge on any atom is -0.310 e. The van der Waals surface area contributed by atoms with Crippen LogP contribution in [0.25, 0.3) is 74.7 Å². The summed E-state index contributed by atoms with van der Waals surface area (Å²) in [5.41, 5.74) is 8.25. The highest BCUT2D eigenvalue weighted by molar-refractivity contribution is 7.26. The van der Waals surface area contributed by atoms with Gasteiger partial charge < -0.3 is 4.90 Å². The van der Waals surface area contributed by atoms with E-state index in [9.17, 15) is 0 Å². The molecule has 0 aliphatic rings. The molecule has 1 aromatic heterocycles. The molecule has 0 bridgehead atoms. The molecule has 0 fully saturated rings. The van der Waals surface area contributed by atoms with Gasteiger partial charge in [0.15, 0.2) is 0 Å². The van der Waals surface area contributed by atoms with Gasteiger partial charge in [-0.1, -0.05) is 152 Å². The van der Waals surface area contributed by atoms with Crippen molar-refractivity contribution < 1.29 is 0 Å². The zero-order valence-corrected chi connectivity index (χ0v) is 28.1. The van der Waals surface area contributed by atoms with Crippen molar-refractivity contribution in [2.45, 2.75) is 0 Å². The van der Waals surface area contributed by atoms with E-state index in [2.05, 4.69) is 193 Å². The highest BCUT2D eigenvalue weighted by Crippen LogP contribution is 2.48. The van der Waals surface area contributed by atoms with Crippen LogP contribution in [0.5, 0.6) is 0 Å². The summed E-state index contributed by atoms with van der Waals surface area (Å²) in [5, 5.41) is 10.2. The van der Waals surface area contributed by atoms with Crippen molar-refractivity contribution >= 4 is 80.9 Å². The van der Waals surface area contributed by atoms with Gasteiger partial charge in [-0.15, -0.1) is 11.3 Å². The molecule has 10 rings (SSSR count). The third-order valence-electron chi connectivity index (χ3n) is 10.0. The number of anilines is 3. The average molecular weight is 654 g/mol. The second-order valence-electron chi connectivity index (χ2n) is 12.9. The molecule has 1 heterocycles. The van der Waals surface area contributed by atoms with Crippen LogP contribution in [0.3, 0.4) is 0 Å². The summed E-state index contributed by atoms with van der Waals surface area (Å²) in [5.74, 6) is 0. The molecule has 50 heavy (non-hydrogen) atoms. The molecule has 9 aromatic carbocycles. The van der Waals surface area contributed by atoms with Crippen molar-refractivity contribution in [1.29, 1.82) is 0 Å². The summed E-state index contributed by atoms with van der Waals surface area (Å²) in [6.07, 6.45) is 0. The summed E-state index contributed by atoms with van der Waals surface area (Å²) in [4.78, 5) is 2.48. The van der Waals surface area contributed by atoms with Crippen molar-refractivity contribution in [2.24, 2.45) is 0 Å². The predicted octanol–water partition coefficient (Wildman–Crippen LogP) is 14.3. The van der Waals surface area contributed by atoms with Crippen LogP contribution >= 0.6 is 11.3 Å². The largest absolute Gasteiger partial charge is 0.310 e. The Hall–Kier alpha value is -6.22. The number of hydrogen-bond acceptors (Lipinski definition) is 2. The zero-order valence-electron chi connectivity index (χ0n) is 27.3. The molecule has 0 unspecified atom stereocenters. The summed E-state index contributed by atoms with van der Waals surface area (Å²) >= 11 is 1.88. The van der Waals surface area contributed by atoms with Crippen LogP contribution in [0.15, 0.2) is 188 Å². The SMILES string of the molecule is c1ccc(-c2ccc(N(c3ccc4ccc5ccccc5c4c3)c3cc4sc5ccccc5c4c4ccccc34)cc2-c2ccccc2)cc1. The van der Waals surface area contributed by atoms with Gasteiger partial charge in [-0.2, -0.15) is 0 Å². The Balaban J connectivity index is 1.30. The van der Waals surface area contributed by atoms with Crippen LogP contribution in [-0.4, -0.2) is 0 Å². The molecule has 234 valence electrons. The van der Waals surface area contributed by atoms with Crippen molar-refractivity contribution in [3.8, 4) is 22.3 Å². The predicted molar refractivity (Wildman–Crippen MR) is 217 cm³/mol. The Morgan fingerprint density at radius 1 is 0.340 bits per heavy atom. The van der Waals surface area contributed by atoms with Crippen molar-refractivity contribution in [3.63, 3.8) is 0 Å². The number of thiophene rings is 1. The number of nitrogens with zero attached hydrogens (tertiary/aromatic N) is 1. The van der Waals surface area contributed by atoms with E-state index < -0.39 is 0 Å². The molecule has 2 heteroatoms. The van der Waals surface area contributed by atoms with E-state index in [4.69, 9.17) is 0 Å². The topological polar surface area (TPSA) is 3.24 Å². The zero-order chi connectivity index (χ0) is 33.0. The highest BCUT2D eigenvalue weighted by atomic mass is 32.1. The van der Waals surface area contributed by atoms with E-state index in [0.29, 0.717) is 0 Å². The van der Waals surface area contributed by atoms with Crippen LogP contribution in [0, 0.1) is 0 Å². The summed E-state index contributed by atoms with van der Waals surface area (Å²) < 4.78 is 2.60. The molecule has 0 saturated heterocycles. The monoisotopic (exact) mass is 653 g/mol. The van der Waals surface area contributed by atoms with Crippen LogP contribution in [0.4, 0.5) is 17.1 Å². The first-order valence-corrected chi connectivity index (χ1v) is 17.9. The Morgan fingerprint density at radius 2 is 0.900 bits per heavy atom. The minimum atomic E-state index is 1.12. The van der Waals surface area contributed by atoms with E-state index >= 15 is 0 Å². The van der Waals surface area contributed by atoms with Crippen molar-refractivity contribution in [3.05, 3.63) is 188 Å². The molecule has 0 aliphatic carbocycles. The Labute approximate surface area is 294 Å².